The second-order valence-electron chi connectivity index (χ2n) is 7.28. The van der Waals surface area contributed by atoms with E-state index in [-0.39, 0.29) is 23.5 Å². The van der Waals surface area contributed by atoms with E-state index in [4.69, 9.17) is 0 Å². The van der Waals surface area contributed by atoms with Crippen molar-refractivity contribution in [3.63, 3.8) is 0 Å². The molecule has 1 amide bonds. The average Bonchev–Trinajstić information content (AvgIpc) is 3.35. The lowest BCUT2D eigenvalue weighted by molar-refractivity contribution is 0.0751. The Morgan fingerprint density at radius 1 is 1.22 bits per heavy atom. The van der Waals surface area contributed by atoms with E-state index in [1.54, 1.807) is 0 Å². The number of amides is 1. The molecule has 9 heteroatoms. The maximum absolute atomic E-state index is 12.5. The van der Waals surface area contributed by atoms with Crippen LogP contribution in [-0.4, -0.2) is 66.7 Å². The van der Waals surface area contributed by atoms with Crippen LogP contribution in [0.25, 0.3) is 0 Å². The summed E-state index contributed by atoms with van der Waals surface area (Å²) in [6, 6.07) is 3.70. The Balaban J connectivity index is 1.48. The predicted molar refractivity (Wildman–Crippen MR) is 106 cm³/mol. The Bertz CT molecular complexity index is 942. The number of carbonyl (C=O) groups excluding carboxylic acids is 1. The number of carbonyl (C=O) groups is 1. The second kappa shape index (κ2) is 6.94. The average molecular weight is 409 g/mol. The van der Waals surface area contributed by atoms with Crippen LogP contribution in [0.5, 0.6) is 0 Å². The van der Waals surface area contributed by atoms with Crippen molar-refractivity contribution in [3.8, 4) is 0 Å². The fourth-order valence-corrected chi connectivity index (χ4v) is 6.51. The highest BCUT2D eigenvalue weighted by Crippen LogP contribution is 2.31. The van der Waals surface area contributed by atoms with Gasteiger partial charge in [0.15, 0.2) is 9.84 Å². The summed E-state index contributed by atoms with van der Waals surface area (Å²) in [6.45, 7) is 6.87. The van der Waals surface area contributed by atoms with Crippen molar-refractivity contribution in [2.75, 3.05) is 42.6 Å². The van der Waals surface area contributed by atoms with E-state index in [1.807, 2.05) is 40.9 Å². The van der Waals surface area contributed by atoms with E-state index >= 15 is 0 Å². The van der Waals surface area contributed by atoms with Crippen molar-refractivity contribution >= 4 is 32.8 Å². The predicted octanol–water partition coefficient (Wildman–Crippen LogP) is 1.88. The van der Waals surface area contributed by atoms with Gasteiger partial charge in [-0.15, -0.1) is 11.3 Å². The van der Waals surface area contributed by atoms with Crippen LogP contribution < -0.4 is 4.90 Å². The summed E-state index contributed by atoms with van der Waals surface area (Å²) in [5, 5.41) is 6.58. The van der Waals surface area contributed by atoms with Gasteiger partial charge in [0.25, 0.3) is 5.91 Å². The van der Waals surface area contributed by atoms with Crippen molar-refractivity contribution < 1.29 is 13.2 Å². The van der Waals surface area contributed by atoms with Gasteiger partial charge in [0, 0.05) is 26.2 Å². The summed E-state index contributed by atoms with van der Waals surface area (Å²) in [6.07, 6.45) is 0.632. The van der Waals surface area contributed by atoms with Gasteiger partial charge < -0.3 is 9.80 Å². The molecule has 2 aromatic heterocycles. The van der Waals surface area contributed by atoms with Gasteiger partial charge in [0.1, 0.15) is 0 Å². The van der Waals surface area contributed by atoms with Gasteiger partial charge in [0.2, 0.25) is 0 Å². The Morgan fingerprint density at radius 2 is 1.96 bits per heavy atom. The molecule has 0 radical (unpaired) electrons. The molecule has 2 saturated heterocycles. The molecule has 2 aliphatic heterocycles. The first-order valence-corrected chi connectivity index (χ1v) is 11.9. The molecular formula is C18H24N4O3S2. The topological polar surface area (TPSA) is 75.5 Å². The second-order valence-corrected chi connectivity index (χ2v) is 10.5. The number of aryl methyl sites for hydroxylation is 1. The van der Waals surface area contributed by atoms with Crippen molar-refractivity contribution in [1.29, 1.82) is 0 Å². The summed E-state index contributed by atoms with van der Waals surface area (Å²) < 4.78 is 25.6. The molecule has 4 rings (SSSR count). The smallest absolute Gasteiger partial charge is 0.264 e. The summed E-state index contributed by atoms with van der Waals surface area (Å²) in [5.74, 6) is 0.525. The molecule has 7 nitrogen and oxygen atoms in total. The van der Waals surface area contributed by atoms with Crippen molar-refractivity contribution in [3.05, 3.63) is 33.8 Å². The van der Waals surface area contributed by atoms with E-state index in [0.29, 0.717) is 19.5 Å². The highest BCUT2D eigenvalue weighted by molar-refractivity contribution is 7.91. The zero-order valence-corrected chi connectivity index (χ0v) is 17.2. The lowest BCUT2D eigenvalue weighted by atomic mass is 10.2. The first-order chi connectivity index (χ1) is 12.9. The highest BCUT2D eigenvalue weighted by Gasteiger charge is 2.33. The Labute approximate surface area is 163 Å². The minimum atomic E-state index is -2.94. The van der Waals surface area contributed by atoms with E-state index in [2.05, 4.69) is 10.00 Å². The molecule has 0 saturated carbocycles. The number of thiophene rings is 1. The lowest BCUT2D eigenvalue weighted by Gasteiger charge is -2.36. The summed E-state index contributed by atoms with van der Waals surface area (Å²) >= 11 is 1.48. The number of nitrogens with zero attached hydrogens (tertiary/aromatic N) is 4. The minimum Gasteiger partial charge on any atom is -0.365 e. The van der Waals surface area contributed by atoms with Crippen LogP contribution in [0, 0.1) is 13.8 Å². The van der Waals surface area contributed by atoms with E-state index in [1.165, 1.54) is 11.3 Å². The third kappa shape index (κ3) is 3.50. The van der Waals surface area contributed by atoms with Gasteiger partial charge in [-0.1, -0.05) is 6.07 Å². The van der Waals surface area contributed by atoms with Gasteiger partial charge in [-0.3, -0.25) is 9.48 Å². The molecule has 4 heterocycles. The van der Waals surface area contributed by atoms with Gasteiger partial charge in [-0.25, -0.2) is 8.42 Å². The normalized spacial score (nSPS) is 22.4. The van der Waals surface area contributed by atoms with Crippen molar-refractivity contribution in [2.24, 2.45) is 0 Å². The first-order valence-electron chi connectivity index (χ1n) is 9.19. The number of rotatable bonds is 3. The molecule has 1 atom stereocenters. The van der Waals surface area contributed by atoms with E-state index in [9.17, 15) is 13.2 Å². The lowest BCUT2D eigenvalue weighted by Crippen LogP contribution is -2.49. The van der Waals surface area contributed by atoms with Crippen LogP contribution in [0.2, 0.25) is 0 Å². The molecule has 2 fully saturated rings. The number of hydrogen-bond acceptors (Lipinski definition) is 6. The maximum Gasteiger partial charge on any atom is 0.264 e. The highest BCUT2D eigenvalue weighted by atomic mass is 32.2. The molecule has 0 bridgehead atoms. The molecule has 0 aromatic carbocycles. The van der Waals surface area contributed by atoms with Crippen molar-refractivity contribution in [1.82, 2.24) is 14.7 Å². The van der Waals surface area contributed by atoms with Gasteiger partial charge >= 0.3 is 0 Å². The molecular weight excluding hydrogens is 384 g/mol. The quantitative estimate of drug-likeness (QED) is 0.775. The largest absolute Gasteiger partial charge is 0.365 e. The van der Waals surface area contributed by atoms with Crippen LogP contribution in [0.4, 0.5) is 5.69 Å². The fraction of sp³-hybridized carbons (Fsp3) is 0.556. The standard InChI is InChI=1S/C18H24N4O3S2/c1-13-17(14(2)22(19-13)15-5-11-27(24,25)12-15)20-6-8-21(9-7-20)18(23)16-4-3-10-26-16/h3-4,10,15H,5-9,11-12H2,1-2H3. The molecule has 146 valence electrons. The Hall–Kier alpha value is -1.87. The SMILES string of the molecule is Cc1nn(C2CCS(=O)(=O)C2)c(C)c1N1CCN(C(=O)c2cccs2)CC1. The monoisotopic (exact) mass is 408 g/mol. The molecule has 1 unspecified atom stereocenters. The molecule has 2 aliphatic rings. The summed E-state index contributed by atoms with van der Waals surface area (Å²) in [7, 11) is -2.94. The van der Waals surface area contributed by atoms with E-state index in [0.717, 1.165) is 35.0 Å². The summed E-state index contributed by atoms with van der Waals surface area (Å²) in [5.41, 5.74) is 3.03. The molecule has 0 N–H and O–H groups in total. The number of piperazine rings is 1. The van der Waals surface area contributed by atoms with Crippen molar-refractivity contribution in [2.45, 2.75) is 26.3 Å². The molecule has 2 aromatic rings. The van der Waals surface area contributed by atoms with Crippen LogP contribution in [-0.2, 0) is 9.84 Å². The third-order valence-electron chi connectivity index (χ3n) is 5.46. The van der Waals surface area contributed by atoms with Crippen LogP contribution >= 0.6 is 11.3 Å². The Kier molecular flexibility index (Phi) is 4.75. The van der Waals surface area contributed by atoms with Gasteiger partial charge in [-0.05, 0) is 31.7 Å². The molecule has 27 heavy (non-hydrogen) atoms. The van der Waals surface area contributed by atoms with Gasteiger partial charge in [0.05, 0.1) is 39.5 Å². The van der Waals surface area contributed by atoms with Crippen LogP contribution in [0.3, 0.4) is 0 Å². The fourth-order valence-electron chi connectivity index (χ4n) is 4.12. The zero-order chi connectivity index (χ0) is 19.2. The van der Waals surface area contributed by atoms with E-state index < -0.39 is 9.84 Å². The van der Waals surface area contributed by atoms with Crippen LogP contribution in [0.1, 0.15) is 33.5 Å². The molecule has 0 aliphatic carbocycles. The summed E-state index contributed by atoms with van der Waals surface area (Å²) in [4.78, 5) is 17.5. The number of aromatic nitrogens is 2. The number of hydrogen-bond donors (Lipinski definition) is 0. The number of sulfone groups is 1. The maximum atomic E-state index is 12.5. The first kappa shape index (κ1) is 18.5. The minimum absolute atomic E-state index is 0.0656. The Morgan fingerprint density at radius 3 is 2.56 bits per heavy atom. The number of anilines is 1. The third-order valence-corrected chi connectivity index (χ3v) is 8.06. The molecule has 0 spiro atoms. The zero-order valence-electron chi connectivity index (χ0n) is 15.6. The van der Waals surface area contributed by atoms with Crippen LogP contribution in [0.15, 0.2) is 17.5 Å². The van der Waals surface area contributed by atoms with Gasteiger partial charge in [-0.2, -0.15) is 5.10 Å².